The number of carbonyl (C=O) groups is 2. The third kappa shape index (κ3) is 3.71. The molecule has 1 amide bonds. The fourth-order valence-corrected chi connectivity index (χ4v) is 1.81. The molecule has 1 rings (SSSR count). The van der Waals surface area contributed by atoms with Crippen LogP contribution in [0, 0.1) is 0 Å². The molecule has 2 N–H and O–H groups in total. The van der Waals surface area contributed by atoms with E-state index >= 15 is 0 Å². The van der Waals surface area contributed by atoms with Crippen LogP contribution < -0.4 is 5.32 Å². The number of nitrogens with one attached hydrogen (secondary N) is 1. The molecule has 1 aromatic rings. The Morgan fingerprint density at radius 3 is 2.71 bits per heavy atom. The molecule has 0 aliphatic heterocycles. The average molecular weight is 321 g/mol. The molecule has 1 aromatic carbocycles. The molecular weight excluding hydrogens is 309 g/mol. The minimum Gasteiger partial charge on any atom is -0.480 e. The van der Waals surface area contributed by atoms with Crippen LogP contribution in [0.2, 0.25) is 5.02 Å². The van der Waals surface area contributed by atoms with Crippen molar-refractivity contribution in [3.63, 3.8) is 0 Å². The molecule has 0 heterocycles. The molecule has 0 bridgehead atoms. The smallest absolute Gasteiger partial charge is 0.326 e. The van der Waals surface area contributed by atoms with Gasteiger partial charge in [-0.1, -0.05) is 34.5 Å². The number of carboxylic acid groups (broad SMARTS) is 1. The Balaban J connectivity index is 2.89. The molecule has 17 heavy (non-hydrogen) atoms. The Morgan fingerprint density at radius 1 is 1.53 bits per heavy atom. The van der Waals surface area contributed by atoms with Crippen LogP contribution in [-0.4, -0.2) is 23.0 Å². The molecule has 0 aliphatic rings. The maximum atomic E-state index is 11.8. The summed E-state index contributed by atoms with van der Waals surface area (Å²) < 4.78 is 0.704. The van der Waals surface area contributed by atoms with E-state index in [-0.39, 0.29) is 10.6 Å². The first-order valence-corrected chi connectivity index (χ1v) is 6.11. The summed E-state index contributed by atoms with van der Waals surface area (Å²) in [5.41, 5.74) is 0.251. The van der Waals surface area contributed by atoms with E-state index in [0.717, 1.165) is 0 Å². The number of carboxylic acids is 1. The number of carbonyl (C=O) groups excluding carboxylic acids is 1. The lowest BCUT2D eigenvalue weighted by molar-refractivity contribution is -0.139. The third-order valence-corrected chi connectivity index (χ3v) is 3.01. The standard InChI is InChI=1S/C11H11BrClNO3/c1-2-9(11(16)17)14-10(15)7-5-6(12)3-4-8(7)13/h3-5,9H,2H2,1H3,(H,14,15)(H,16,17). The molecule has 4 nitrogen and oxygen atoms in total. The molecule has 0 aliphatic carbocycles. The largest absolute Gasteiger partial charge is 0.480 e. The molecule has 0 fully saturated rings. The van der Waals surface area contributed by atoms with Gasteiger partial charge in [-0.15, -0.1) is 0 Å². The van der Waals surface area contributed by atoms with Crippen molar-refractivity contribution in [3.05, 3.63) is 33.3 Å². The topological polar surface area (TPSA) is 66.4 Å². The Labute approximate surface area is 112 Å². The normalized spacial score (nSPS) is 11.9. The van der Waals surface area contributed by atoms with Crippen molar-refractivity contribution in [1.82, 2.24) is 5.32 Å². The summed E-state index contributed by atoms with van der Waals surface area (Å²) in [6, 6.07) is 3.92. The molecule has 6 heteroatoms. The summed E-state index contributed by atoms with van der Waals surface area (Å²) in [5, 5.41) is 11.5. The highest BCUT2D eigenvalue weighted by Gasteiger charge is 2.19. The van der Waals surface area contributed by atoms with E-state index in [1.165, 1.54) is 0 Å². The predicted octanol–water partition coefficient (Wildman–Crippen LogP) is 2.70. The predicted molar refractivity (Wildman–Crippen MR) is 68.3 cm³/mol. The fourth-order valence-electron chi connectivity index (χ4n) is 1.25. The van der Waals surface area contributed by atoms with Crippen molar-refractivity contribution < 1.29 is 14.7 Å². The quantitative estimate of drug-likeness (QED) is 0.896. The first kappa shape index (κ1) is 14.0. The summed E-state index contributed by atoms with van der Waals surface area (Å²) in [4.78, 5) is 22.6. The van der Waals surface area contributed by atoms with Gasteiger partial charge in [0.25, 0.3) is 5.91 Å². The second kappa shape index (κ2) is 6.02. The van der Waals surface area contributed by atoms with Gasteiger partial charge in [0.15, 0.2) is 0 Å². The van der Waals surface area contributed by atoms with Gasteiger partial charge >= 0.3 is 5.97 Å². The Kier molecular flexibility index (Phi) is 4.96. The van der Waals surface area contributed by atoms with Crippen LogP contribution in [0.25, 0.3) is 0 Å². The van der Waals surface area contributed by atoms with Crippen molar-refractivity contribution in [1.29, 1.82) is 0 Å². The Bertz CT molecular complexity index is 450. The van der Waals surface area contributed by atoms with E-state index in [4.69, 9.17) is 16.7 Å². The van der Waals surface area contributed by atoms with E-state index < -0.39 is 17.9 Å². The van der Waals surface area contributed by atoms with Crippen LogP contribution in [0.5, 0.6) is 0 Å². The number of hydrogen-bond acceptors (Lipinski definition) is 2. The minimum atomic E-state index is -1.06. The summed E-state index contributed by atoms with van der Waals surface area (Å²) in [6.07, 6.45) is 0.312. The first-order chi connectivity index (χ1) is 7.95. The lowest BCUT2D eigenvalue weighted by atomic mass is 10.1. The Morgan fingerprint density at radius 2 is 2.18 bits per heavy atom. The molecule has 1 unspecified atom stereocenters. The molecule has 92 valence electrons. The number of halogens is 2. The zero-order valence-electron chi connectivity index (χ0n) is 9.04. The van der Waals surface area contributed by atoms with E-state index in [1.54, 1.807) is 25.1 Å². The SMILES string of the molecule is CCC(NC(=O)c1cc(Br)ccc1Cl)C(=O)O. The van der Waals surface area contributed by atoms with Gasteiger partial charge in [0, 0.05) is 4.47 Å². The highest BCUT2D eigenvalue weighted by Crippen LogP contribution is 2.21. The number of hydrogen-bond donors (Lipinski definition) is 2. The first-order valence-electron chi connectivity index (χ1n) is 4.94. The summed E-state index contributed by atoms with van der Waals surface area (Å²) in [5.74, 6) is -1.56. The van der Waals surface area contributed by atoms with Gasteiger partial charge < -0.3 is 10.4 Å². The monoisotopic (exact) mass is 319 g/mol. The molecule has 1 atom stereocenters. The molecule has 0 saturated heterocycles. The minimum absolute atomic E-state index is 0.251. The lowest BCUT2D eigenvalue weighted by Gasteiger charge is -2.13. The second-order valence-electron chi connectivity index (χ2n) is 3.40. The van der Waals surface area contributed by atoms with Crippen LogP contribution >= 0.6 is 27.5 Å². The highest BCUT2D eigenvalue weighted by atomic mass is 79.9. The van der Waals surface area contributed by atoms with Crippen LogP contribution in [-0.2, 0) is 4.79 Å². The number of benzene rings is 1. The summed E-state index contributed by atoms with van der Waals surface area (Å²) in [7, 11) is 0. The van der Waals surface area contributed by atoms with Crippen LogP contribution in [0.15, 0.2) is 22.7 Å². The summed E-state index contributed by atoms with van der Waals surface area (Å²) in [6.45, 7) is 1.68. The van der Waals surface area contributed by atoms with Crippen molar-refractivity contribution in [2.75, 3.05) is 0 Å². The molecule has 0 aromatic heterocycles. The van der Waals surface area contributed by atoms with Gasteiger partial charge in [-0.2, -0.15) is 0 Å². The Hall–Kier alpha value is -1.07. The molecule has 0 radical (unpaired) electrons. The summed E-state index contributed by atoms with van der Waals surface area (Å²) >= 11 is 9.09. The fraction of sp³-hybridized carbons (Fsp3) is 0.273. The van der Waals surface area contributed by atoms with Gasteiger partial charge in [-0.05, 0) is 24.6 Å². The zero-order chi connectivity index (χ0) is 13.0. The van der Waals surface area contributed by atoms with Crippen molar-refractivity contribution in [2.45, 2.75) is 19.4 Å². The maximum Gasteiger partial charge on any atom is 0.326 e. The number of amides is 1. The molecule has 0 spiro atoms. The second-order valence-corrected chi connectivity index (χ2v) is 4.72. The van der Waals surface area contributed by atoms with Crippen LogP contribution in [0.1, 0.15) is 23.7 Å². The van der Waals surface area contributed by atoms with E-state index in [9.17, 15) is 9.59 Å². The van der Waals surface area contributed by atoms with Crippen LogP contribution in [0.4, 0.5) is 0 Å². The third-order valence-electron chi connectivity index (χ3n) is 2.18. The maximum absolute atomic E-state index is 11.8. The molecule has 0 saturated carbocycles. The van der Waals surface area contributed by atoms with Gasteiger partial charge in [0.2, 0.25) is 0 Å². The van der Waals surface area contributed by atoms with Gasteiger partial charge in [0.05, 0.1) is 10.6 Å². The van der Waals surface area contributed by atoms with Crippen molar-refractivity contribution in [3.8, 4) is 0 Å². The van der Waals surface area contributed by atoms with Crippen molar-refractivity contribution >= 4 is 39.4 Å². The van der Waals surface area contributed by atoms with Crippen LogP contribution in [0.3, 0.4) is 0 Å². The van der Waals surface area contributed by atoms with E-state index in [2.05, 4.69) is 21.2 Å². The van der Waals surface area contributed by atoms with E-state index in [1.807, 2.05) is 0 Å². The van der Waals surface area contributed by atoms with Crippen molar-refractivity contribution in [2.24, 2.45) is 0 Å². The highest BCUT2D eigenvalue weighted by molar-refractivity contribution is 9.10. The zero-order valence-corrected chi connectivity index (χ0v) is 11.4. The number of aliphatic carboxylic acids is 1. The lowest BCUT2D eigenvalue weighted by Crippen LogP contribution is -2.40. The average Bonchev–Trinajstić information content (AvgIpc) is 2.28. The van der Waals surface area contributed by atoms with Gasteiger partial charge in [-0.3, -0.25) is 4.79 Å². The molecular formula is C11H11BrClNO3. The van der Waals surface area contributed by atoms with Gasteiger partial charge in [-0.25, -0.2) is 4.79 Å². The number of rotatable bonds is 4. The van der Waals surface area contributed by atoms with E-state index in [0.29, 0.717) is 10.9 Å². The van der Waals surface area contributed by atoms with Gasteiger partial charge in [0.1, 0.15) is 6.04 Å².